The summed E-state index contributed by atoms with van der Waals surface area (Å²) in [6, 6.07) is 7.25. The van der Waals surface area contributed by atoms with Crippen molar-refractivity contribution in [3.05, 3.63) is 46.1 Å². The van der Waals surface area contributed by atoms with E-state index in [0.29, 0.717) is 21.4 Å². The highest BCUT2D eigenvalue weighted by Crippen LogP contribution is 2.26. The maximum atomic E-state index is 10.6. The van der Waals surface area contributed by atoms with E-state index in [-0.39, 0.29) is 12.6 Å². The zero-order valence-electron chi connectivity index (χ0n) is 11.6. The molecule has 1 heterocycles. The molecule has 0 fully saturated rings. The van der Waals surface area contributed by atoms with Crippen molar-refractivity contribution in [1.82, 2.24) is 9.97 Å². The topological polar surface area (TPSA) is 67.3 Å². The van der Waals surface area contributed by atoms with E-state index in [1.165, 1.54) is 13.3 Å². The van der Waals surface area contributed by atoms with Gasteiger partial charge in [0.15, 0.2) is 5.82 Å². The number of nitrogens with zero attached hydrogens (tertiary/aromatic N) is 2. The molecule has 0 bridgehead atoms. The van der Waals surface area contributed by atoms with Crippen molar-refractivity contribution in [2.75, 3.05) is 19.0 Å². The van der Waals surface area contributed by atoms with Crippen molar-refractivity contribution in [1.29, 1.82) is 0 Å². The lowest BCUT2D eigenvalue weighted by molar-refractivity contribution is 0.0714. The summed E-state index contributed by atoms with van der Waals surface area (Å²) in [7, 11) is 1.47. The fraction of sp³-hybridized carbons (Fsp3) is 0.286. The van der Waals surface area contributed by atoms with Crippen molar-refractivity contribution in [3.63, 3.8) is 0 Å². The number of rotatable bonds is 5. The molecule has 0 aliphatic rings. The highest BCUT2D eigenvalue weighted by Gasteiger charge is 2.23. The molecule has 112 valence electrons. The molecule has 1 aromatic heterocycles. The molecule has 1 unspecified atom stereocenters. The van der Waals surface area contributed by atoms with Crippen molar-refractivity contribution < 1.29 is 9.84 Å². The largest absolute Gasteiger partial charge is 0.467 e. The van der Waals surface area contributed by atoms with Gasteiger partial charge in [-0.15, -0.1) is 0 Å². The normalized spacial score (nSPS) is 13.6. The van der Waals surface area contributed by atoms with E-state index in [1.54, 1.807) is 31.2 Å². The molecule has 2 rings (SSSR count). The van der Waals surface area contributed by atoms with Crippen LogP contribution in [-0.2, 0) is 5.60 Å². The first-order valence-electron chi connectivity index (χ1n) is 6.21. The number of halogens is 2. The third-order valence-corrected chi connectivity index (χ3v) is 3.46. The number of methoxy groups -OCH3 is 1. The third kappa shape index (κ3) is 3.97. The summed E-state index contributed by atoms with van der Waals surface area (Å²) in [4.78, 5) is 7.98. The van der Waals surface area contributed by atoms with Crippen LogP contribution in [0.5, 0.6) is 6.01 Å². The number of aliphatic hydroxyl groups is 1. The van der Waals surface area contributed by atoms with Crippen LogP contribution in [0.1, 0.15) is 12.5 Å². The molecule has 2 N–H and O–H groups in total. The fourth-order valence-corrected chi connectivity index (χ4v) is 2.10. The molecule has 0 aliphatic carbocycles. The summed E-state index contributed by atoms with van der Waals surface area (Å²) in [6.45, 7) is 1.88. The lowest BCUT2D eigenvalue weighted by Crippen LogP contribution is -2.31. The van der Waals surface area contributed by atoms with Crippen molar-refractivity contribution >= 4 is 29.0 Å². The number of nitrogens with one attached hydrogen (secondary N) is 1. The number of hydrogen-bond acceptors (Lipinski definition) is 5. The zero-order chi connectivity index (χ0) is 15.5. The van der Waals surface area contributed by atoms with E-state index in [2.05, 4.69) is 15.3 Å². The van der Waals surface area contributed by atoms with Gasteiger partial charge in [0.25, 0.3) is 0 Å². The average molecular weight is 328 g/mol. The molecule has 1 aromatic carbocycles. The second kappa shape index (κ2) is 6.47. The molecule has 2 aromatic rings. The molecule has 0 radical (unpaired) electrons. The molecule has 21 heavy (non-hydrogen) atoms. The maximum absolute atomic E-state index is 10.6. The lowest BCUT2D eigenvalue weighted by atomic mass is 9.96. The highest BCUT2D eigenvalue weighted by atomic mass is 35.5. The Morgan fingerprint density at radius 3 is 2.81 bits per heavy atom. The molecule has 0 amide bonds. The second-order valence-corrected chi connectivity index (χ2v) is 5.53. The predicted molar refractivity (Wildman–Crippen MR) is 83.1 cm³/mol. The predicted octanol–water partition coefficient (Wildman–Crippen LogP) is 3.11. The smallest absolute Gasteiger partial charge is 0.318 e. The van der Waals surface area contributed by atoms with Crippen LogP contribution in [0.3, 0.4) is 0 Å². The Kier molecular flexibility index (Phi) is 4.88. The quantitative estimate of drug-likeness (QED) is 0.883. The maximum Gasteiger partial charge on any atom is 0.318 e. The summed E-state index contributed by atoms with van der Waals surface area (Å²) >= 11 is 12.0. The van der Waals surface area contributed by atoms with E-state index in [0.717, 1.165) is 0 Å². The Labute approximate surface area is 132 Å². The summed E-state index contributed by atoms with van der Waals surface area (Å²) in [5.41, 5.74) is -0.438. The first kappa shape index (κ1) is 15.8. The zero-order valence-corrected chi connectivity index (χ0v) is 13.1. The Morgan fingerprint density at radius 2 is 2.14 bits per heavy atom. The van der Waals surface area contributed by atoms with Crippen LogP contribution in [0, 0.1) is 0 Å². The summed E-state index contributed by atoms with van der Waals surface area (Å²) < 4.78 is 4.94. The first-order valence-corrected chi connectivity index (χ1v) is 6.97. The summed E-state index contributed by atoms with van der Waals surface area (Å²) in [5.74, 6) is 0.394. The number of ether oxygens (including phenoxy) is 1. The Morgan fingerprint density at radius 1 is 1.38 bits per heavy atom. The molecular weight excluding hydrogens is 313 g/mol. The van der Waals surface area contributed by atoms with Gasteiger partial charge in [-0.2, -0.15) is 4.98 Å². The molecule has 5 nitrogen and oxygen atoms in total. The molecule has 0 saturated heterocycles. The van der Waals surface area contributed by atoms with Crippen LogP contribution in [0.2, 0.25) is 10.0 Å². The minimum Gasteiger partial charge on any atom is -0.467 e. The minimum atomic E-state index is -1.13. The van der Waals surface area contributed by atoms with Gasteiger partial charge in [0.2, 0.25) is 0 Å². The molecular formula is C14H15Cl2N3O2. The van der Waals surface area contributed by atoms with Gasteiger partial charge < -0.3 is 15.2 Å². The van der Waals surface area contributed by atoms with E-state index >= 15 is 0 Å². The van der Waals surface area contributed by atoms with Gasteiger partial charge in [-0.25, -0.2) is 4.98 Å². The van der Waals surface area contributed by atoms with Crippen LogP contribution in [0.15, 0.2) is 30.5 Å². The molecule has 0 saturated carbocycles. The van der Waals surface area contributed by atoms with Gasteiger partial charge in [-0.1, -0.05) is 35.3 Å². The SMILES string of the molecule is COc1ncc(Cl)c(NCC(C)(O)c2cccc(Cl)c2)n1. The van der Waals surface area contributed by atoms with Crippen molar-refractivity contribution in [3.8, 4) is 6.01 Å². The first-order chi connectivity index (χ1) is 9.92. The third-order valence-electron chi connectivity index (χ3n) is 2.95. The lowest BCUT2D eigenvalue weighted by Gasteiger charge is -2.25. The number of benzene rings is 1. The van der Waals surface area contributed by atoms with E-state index in [1.807, 2.05) is 0 Å². The highest BCUT2D eigenvalue weighted by molar-refractivity contribution is 6.32. The molecule has 7 heteroatoms. The number of anilines is 1. The van der Waals surface area contributed by atoms with E-state index in [9.17, 15) is 5.11 Å². The average Bonchev–Trinajstić information content (AvgIpc) is 2.46. The molecule has 1 atom stereocenters. The summed E-state index contributed by atoms with van der Waals surface area (Å²) in [5, 5.41) is 14.4. The van der Waals surface area contributed by atoms with E-state index < -0.39 is 5.60 Å². The minimum absolute atomic E-state index is 0.198. The Hall–Kier alpha value is -1.56. The van der Waals surface area contributed by atoms with Gasteiger partial charge >= 0.3 is 6.01 Å². The van der Waals surface area contributed by atoms with Crippen LogP contribution in [0.4, 0.5) is 5.82 Å². The monoisotopic (exact) mass is 327 g/mol. The van der Waals surface area contributed by atoms with Gasteiger partial charge in [-0.3, -0.25) is 0 Å². The van der Waals surface area contributed by atoms with Crippen LogP contribution < -0.4 is 10.1 Å². The van der Waals surface area contributed by atoms with Gasteiger partial charge in [0, 0.05) is 11.6 Å². The van der Waals surface area contributed by atoms with Crippen LogP contribution in [-0.4, -0.2) is 28.7 Å². The van der Waals surface area contributed by atoms with Crippen LogP contribution in [0.25, 0.3) is 0 Å². The Bertz CT molecular complexity index is 635. The van der Waals surface area contributed by atoms with Crippen molar-refractivity contribution in [2.45, 2.75) is 12.5 Å². The Balaban J connectivity index is 2.15. The van der Waals surface area contributed by atoms with Crippen molar-refractivity contribution in [2.24, 2.45) is 0 Å². The fourth-order valence-electron chi connectivity index (χ4n) is 1.75. The van der Waals surface area contributed by atoms with E-state index in [4.69, 9.17) is 27.9 Å². The number of aromatic nitrogens is 2. The van der Waals surface area contributed by atoms with Crippen LogP contribution >= 0.6 is 23.2 Å². The van der Waals surface area contributed by atoms with Gasteiger partial charge in [0.05, 0.1) is 13.3 Å². The second-order valence-electron chi connectivity index (χ2n) is 4.69. The van der Waals surface area contributed by atoms with Gasteiger partial charge in [0.1, 0.15) is 10.6 Å². The standard InChI is InChI=1S/C14H15Cl2N3O2/c1-14(20,9-4-3-5-10(15)6-9)8-18-12-11(16)7-17-13(19-12)21-2/h3-7,20H,8H2,1-2H3,(H,17,18,19). The summed E-state index contributed by atoms with van der Waals surface area (Å²) in [6.07, 6.45) is 1.43. The molecule has 0 aliphatic heterocycles. The van der Waals surface area contributed by atoms with Gasteiger partial charge in [-0.05, 0) is 24.6 Å². The number of hydrogen-bond donors (Lipinski definition) is 2. The molecule has 0 spiro atoms.